The molecule has 0 spiro atoms. The monoisotopic (exact) mass is 276 g/mol. The first-order valence-electron chi connectivity index (χ1n) is 5.25. The molecule has 7 heteroatoms. The predicted octanol–water partition coefficient (Wildman–Crippen LogP) is 1.70. The van der Waals surface area contributed by atoms with E-state index in [9.17, 15) is 12.8 Å². The van der Waals surface area contributed by atoms with E-state index in [1.807, 2.05) is 4.90 Å². The minimum Gasteiger partial charge on any atom is -0.354 e. The van der Waals surface area contributed by atoms with E-state index in [1.165, 1.54) is 12.1 Å². The van der Waals surface area contributed by atoms with Gasteiger partial charge in [-0.1, -0.05) is 11.6 Å². The third-order valence-corrected chi connectivity index (χ3v) is 4.96. The number of halogens is 2. The van der Waals surface area contributed by atoms with Crippen molar-refractivity contribution in [1.29, 1.82) is 0 Å². The number of nitrogens with zero attached hydrogens (tertiary/aromatic N) is 1. The molecule has 1 aromatic rings. The fourth-order valence-electron chi connectivity index (χ4n) is 2.03. The van der Waals surface area contributed by atoms with Gasteiger partial charge in [0, 0.05) is 6.04 Å². The van der Waals surface area contributed by atoms with Crippen LogP contribution in [-0.2, 0) is 10.0 Å². The molecule has 1 saturated carbocycles. The Balaban J connectivity index is 2.24. The summed E-state index contributed by atoms with van der Waals surface area (Å²) in [6.45, 7) is 0.224. The van der Waals surface area contributed by atoms with Crippen LogP contribution in [0, 0.1) is 5.82 Å². The molecule has 0 saturated heterocycles. The van der Waals surface area contributed by atoms with Gasteiger partial charge in [0.05, 0.1) is 17.4 Å². The third-order valence-electron chi connectivity index (χ3n) is 3.02. The highest BCUT2D eigenvalue weighted by Crippen LogP contribution is 2.40. The van der Waals surface area contributed by atoms with E-state index >= 15 is 0 Å². The fraction of sp³-hybridized carbons (Fsp3) is 0.400. The third kappa shape index (κ3) is 1.71. The van der Waals surface area contributed by atoms with Crippen LogP contribution >= 0.6 is 11.6 Å². The SMILES string of the molecule is O=S1(=O)NCN(C2CC2)c2ccc(F)c(Cl)c21. The largest absolute Gasteiger partial charge is 0.354 e. The van der Waals surface area contributed by atoms with E-state index in [2.05, 4.69) is 4.72 Å². The molecule has 2 aliphatic rings. The molecule has 0 aromatic heterocycles. The maximum Gasteiger partial charge on any atom is 0.245 e. The number of benzene rings is 1. The summed E-state index contributed by atoms with van der Waals surface area (Å²) in [5.41, 5.74) is 0.498. The Morgan fingerprint density at radius 2 is 2.12 bits per heavy atom. The molecule has 0 atom stereocenters. The second kappa shape index (κ2) is 3.57. The normalized spacial score (nSPS) is 22.4. The average Bonchev–Trinajstić information content (AvgIpc) is 3.06. The second-order valence-corrected chi connectivity index (χ2v) is 6.30. The topological polar surface area (TPSA) is 49.4 Å². The lowest BCUT2D eigenvalue weighted by atomic mass is 10.2. The molecule has 92 valence electrons. The van der Waals surface area contributed by atoms with Crippen LogP contribution in [0.2, 0.25) is 5.02 Å². The maximum absolute atomic E-state index is 13.4. The molecule has 1 aliphatic carbocycles. The quantitative estimate of drug-likeness (QED) is 0.849. The molecule has 0 radical (unpaired) electrons. The number of nitrogens with one attached hydrogen (secondary N) is 1. The van der Waals surface area contributed by atoms with Crippen molar-refractivity contribution in [3.63, 3.8) is 0 Å². The summed E-state index contributed by atoms with van der Waals surface area (Å²) in [7, 11) is -3.70. The van der Waals surface area contributed by atoms with Crippen molar-refractivity contribution in [2.75, 3.05) is 11.6 Å². The Labute approximate surface area is 103 Å². The van der Waals surface area contributed by atoms with Gasteiger partial charge in [-0.15, -0.1) is 0 Å². The molecular formula is C10H10ClFN2O2S. The van der Waals surface area contributed by atoms with Crippen molar-refractivity contribution in [2.45, 2.75) is 23.8 Å². The van der Waals surface area contributed by atoms with Crippen LogP contribution in [0.25, 0.3) is 0 Å². The Hall–Kier alpha value is -0.850. The zero-order valence-corrected chi connectivity index (χ0v) is 10.4. The van der Waals surface area contributed by atoms with Gasteiger partial charge in [0.15, 0.2) is 0 Å². The molecule has 17 heavy (non-hydrogen) atoms. The molecule has 0 bridgehead atoms. The minimum atomic E-state index is -3.70. The first kappa shape index (κ1) is 11.3. The highest BCUT2D eigenvalue weighted by molar-refractivity contribution is 7.89. The molecule has 3 rings (SSSR count). The predicted molar refractivity (Wildman–Crippen MR) is 62.1 cm³/mol. The Bertz CT molecular complexity index is 586. The van der Waals surface area contributed by atoms with Crippen LogP contribution in [0.5, 0.6) is 0 Å². The summed E-state index contributed by atoms with van der Waals surface area (Å²) >= 11 is 5.77. The average molecular weight is 277 g/mol. The van der Waals surface area contributed by atoms with Crippen molar-refractivity contribution < 1.29 is 12.8 Å². The summed E-state index contributed by atoms with van der Waals surface area (Å²) < 4.78 is 39.4. The summed E-state index contributed by atoms with van der Waals surface area (Å²) in [6, 6.07) is 3.02. The van der Waals surface area contributed by atoms with Crippen LogP contribution in [-0.4, -0.2) is 21.1 Å². The van der Waals surface area contributed by atoms with Crippen molar-refractivity contribution >= 4 is 27.3 Å². The number of fused-ring (bicyclic) bond motifs is 1. The van der Waals surface area contributed by atoms with Gasteiger partial charge in [0.1, 0.15) is 10.7 Å². The van der Waals surface area contributed by atoms with E-state index in [-0.39, 0.29) is 16.6 Å². The van der Waals surface area contributed by atoms with Crippen molar-refractivity contribution in [3.8, 4) is 0 Å². The van der Waals surface area contributed by atoms with Gasteiger partial charge in [-0.2, -0.15) is 4.72 Å². The van der Waals surface area contributed by atoms with Crippen molar-refractivity contribution in [1.82, 2.24) is 4.72 Å². The van der Waals surface area contributed by atoms with Crippen LogP contribution in [0.1, 0.15) is 12.8 Å². The second-order valence-electron chi connectivity index (χ2n) is 4.22. The van der Waals surface area contributed by atoms with Gasteiger partial charge in [-0.05, 0) is 25.0 Å². The highest BCUT2D eigenvalue weighted by Gasteiger charge is 2.38. The highest BCUT2D eigenvalue weighted by atomic mass is 35.5. The smallest absolute Gasteiger partial charge is 0.245 e. The summed E-state index contributed by atoms with van der Waals surface area (Å²) in [5.74, 6) is -0.714. The molecular weight excluding hydrogens is 267 g/mol. The number of sulfonamides is 1. The molecule has 0 amide bonds. The van der Waals surface area contributed by atoms with Gasteiger partial charge in [0.25, 0.3) is 0 Å². The van der Waals surface area contributed by atoms with Crippen molar-refractivity contribution in [2.24, 2.45) is 0 Å². The zero-order valence-electron chi connectivity index (χ0n) is 8.78. The van der Waals surface area contributed by atoms with E-state index in [1.54, 1.807) is 0 Å². The van der Waals surface area contributed by atoms with Crippen LogP contribution in [0.3, 0.4) is 0 Å². The Morgan fingerprint density at radius 3 is 2.76 bits per heavy atom. The molecule has 1 N–H and O–H groups in total. The molecule has 0 unspecified atom stereocenters. The van der Waals surface area contributed by atoms with E-state index in [4.69, 9.17) is 11.6 Å². The minimum absolute atomic E-state index is 0.141. The zero-order chi connectivity index (χ0) is 12.2. The summed E-state index contributed by atoms with van der Waals surface area (Å²) in [5, 5.41) is -0.333. The van der Waals surface area contributed by atoms with Crippen LogP contribution in [0.15, 0.2) is 17.0 Å². The molecule has 1 heterocycles. The number of anilines is 1. The molecule has 1 aromatic carbocycles. The van der Waals surface area contributed by atoms with Crippen molar-refractivity contribution in [3.05, 3.63) is 23.0 Å². The lowest BCUT2D eigenvalue weighted by Gasteiger charge is -2.31. The summed E-state index contributed by atoms with van der Waals surface area (Å²) in [4.78, 5) is 1.78. The van der Waals surface area contributed by atoms with Gasteiger partial charge in [-0.25, -0.2) is 12.8 Å². The summed E-state index contributed by atoms with van der Waals surface area (Å²) in [6.07, 6.45) is 2.05. The standard InChI is InChI=1S/C10H10ClFN2O2S/c11-9-7(12)3-4-8-10(9)17(15,16)13-5-14(8)6-1-2-6/h3-4,6,13H,1-2,5H2. The number of hydrogen-bond acceptors (Lipinski definition) is 3. The van der Waals surface area contributed by atoms with E-state index < -0.39 is 15.8 Å². The Morgan fingerprint density at radius 1 is 1.41 bits per heavy atom. The lowest BCUT2D eigenvalue weighted by Crippen LogP contribution is -2.44. The Kier molecular flexibility index (Phi) is 2.36. The lowest BCUT2D eigenvalue weighted by molar-refractivity contribution is 0.565. The molecule has 4 nitrogen and oxygen atoms in total. The van der Waals surface area contributed by atoms with Gasteiger partial charge in [-0.3, -0.25) is 0 Å². The van der Waals surface area contributed by atoms with Gasteiger partial charge >= 0.3 is 0 Å². The van der Waals surface area contributed by atoms with Gasteiger partial charge < -0.3 is 4.90 Å². The first-order valence-corrected chi connectivity index (χ1v) is 7.11. The number of hydrogen-bond donors (Lipinski definition) is 1. The number of rotatable bonds is 1. The first-order chi connectivity index (χ1) is 8.00. The van der Waals surface area contributed by atoms with Crippen LogP contribution in [0.4, 0.5) is 10.1 Å². The molecule has 1 fully saturated rings. The maximum atomic E-state index is 13.4. The van der Waals surface area contributed by atoms with E-state index in [0.717, 1.165) is 12.8 Å². The fourth-order valence-corrected chi connectivity index (χ4v) is 3.74. The van der Waals surface area contributed by atoms with Crippen LogP contribution < -0.4 is 9.62 Å². The van der Waals surface area contributed by atoms with E-state index in [0.29, 0.717) is 11.7 Å². The molecule has 1 aliphatic heterocycles. The van der Waals surface area contributed by atoms with Gasteiger partial charge in [0.2, 0.25) is 10.0 Å².